The van der Waals surface area contributed by atoms with Gasteiger partial charge in [-0.25, -0.2) is 0 Å². The largest absolute Gasteiger partial charge is 0.444 e. The van der Waals surface area contributed by atoms with E-state index in [1.807, 2.05) is 6.07 Å². The van der Waals surface area contributed by atoms with E-state index in [1.54, 1.807) is 24.3 Å². The highest BCUT2D eigenvalue weighted by Gasteiger charge is 1.96. The number of nitrogens with zero attached hydrogens (tertiary/aromatic N) is 1. The third-order valence-corrected chi connectivity index (χ3v) is 1.78. The second kappa shape index (κ2) is 4.76. The molecule has 0 spiro atoms. The van der Waals surface area contributed by atoms with Crippen LogP contribution in [-0.4, -0.2) is 0 Å². The maximum Gasteiger partial charge on any atom is 0.205 e. The van der Waals surface area contributed by atoms with E-state index in [4.69, 9.17) is 33.2 Å². The van der Waals surface area contributed by atoms with Gasteiger partial charge >= 0.3 is 0 Å². The second-order valence-corrected chi connectivity index (χ2v) is 2.74. The van der Waals surface area contributed by atoms with Gasteiger partial charge in [-0.15, -0.1) is 0 Å². The molecule has 1 rings (SSSR count). The van der Waals surface area contributed by atoms with Crippen molar-refractivity contribution >= 4 is 23.2 Å². The molecule has 66 valence electrons. The smallest absolute Gasteiger partial charge is 0.205 e. The van der Waals surface area contributed by atoms with E-state index in [9.17, 15) is 0 Å². The summed E-state index contributed by atoms with van der Waals surface area (Å²) in [6, 6.07) is 8.54. The molecule has 0 radical (unpaired) electrons. The lowest BCUT2D eigenvalue weighted by Gasteiger charge is -2.01. The molecular weight excluding hydrogens is 209 g/mol. The highest BCUT2D eigenvalue weighted by Crippen LogP contribution is 2.16. The van der Waals surface area contributed by atoms with Crippen LogP contribution in [0.3, 0.4) is 0 Å². The minimum Gasteiger partial charge on any atom is -0.444 e. The Morgan fingerprint density at radius 1 is 1.38 bits per heavy atom. The lowest BCUT2D eigenvalue weighted by atomic mass is 10.2. The zero-order valence-electron chi connectivity index (χ0n) is 6.50. The first kappa shape index (κ1) is 9.91. The molecule has 0 unspecified atom stereocenters. The first-order valence-electron chi connectivity index (χ1n) is 3.40. The van der Waals surface area contributed by atoms with Gasteiger partial charge in [0.05, 0.1) is 17.2 Å². The number of nitriles is 1. The Kier molecular flexibility index (Phi) is 3.63. The van der Waals surface area contributed by atoms with E-state index in [2.05, 4.69) is 0 Å². The SMILES string of the molecule is N#Cc1ccc(O/C(Cl)=C\Cl)cc1. The highest BCUT2D eigenvalue weighted by atomic mass is 35.5. The lowest BCUT2D eigenvalue weighted by molar-refractivity contribution is 0.464. The van der Waals surface area contributed by atoms with Crippen LogP contribution in [-0.2, 0) is 0 Å². The van der Waals surface area contributed by atoms with Crippen LogP contribution >= 0.6 is 23.2 Å². The predicted octanol–water partition coefficient (Wildman–Crippen LogP) is 3.21. The molecule has 1 aromatic rings. The van der Waals surface area contributed by atoms with Crippen LogP contribution in [0.1, 0.15) is 5.56 Å². The van der Waals surface area contributed by atoms with Gasteiger partial charge in [0.2, 0.25) is 5.22 Å². The maximum atomic E-state index is 8.51. The van der Waals surface area contributed by atoms with Gasteiger partial charge in [-0.2, -0.15) is 5.26 Å². The summed E-state index contributed by atoms with van der Waals surface area (Å²) in [6.07, 6.45) is 0. The Labute approximate surface area is 85.9 Å². The summed E-state index contributed by atoms with van der Waals surface area (Å²) in [5.41, 5.74) is 1.69. The maximum absolute atomic E-state index is 8.51. The molecule has 0 saturated heterocycles. The summed E-state index contributed by atoms with van der Waals surface area (Å²) in [5, 5.41) is 8.60. The summed E-state index contributed by atoms with van der Waals surface area (Å²) in [7, 11) is 0. The molecular formula is C9H5Cl2NO. The number of hydrogen-bond donors (Lipinski definition) is 0. The van der Waals surface area contributed by atoms with Gasteiger partial charge in [0, 0.05) is 0 Å². The third-order valence-electron chi connectivity index (χ3n) is 1.28. The van der Waals surface area contributed by atoms with Crippen LogP contribution in [0.5, 0.6) is 5.75 Å². The number of ether oxygens (including phenoxy) is 1. The Bertz CT molecular complexity index is 351. The van der Waals surface area contributed by atoms with E-state index in [0.29, 0.717) is 11.3 Å². The van der Waals surface area contributed by atoms with E-state index < -0.39 is 0 Å². The molecule has 2 nitrogen and oxygen atoms in total. The second-order valence-electron chi connectivity index (χ2n) is 2.15. The fourth-order valence-corrected chi connectivity index (χ4v) is 0.866. The normalized spacial score (nSPS) is 10.7. The van der Waals surface area contributed by atoms with Crippen molar-refractivity contribution in [2.24, 2.45) is 0 Å². The number of benzene rings is 1. The molecule has 1 aromatic carbocycles. The summed E-state index contributed by atoms with van der Waals surface area (Å²) in [6.45, 7) is 0. The van der Waals surface area contributed by atoms with Crippen molar-refractivity contribution in [1.82, 2.24) is 0 Å². The molecule has 0 atom stereocenters. The van der Waals surface area contributed by atoms with Crippen LogP contribution in [0, 0.1) is 11.3 Å². The summed E-state index contributed by atoms with van der Waals surface area (Å²) in [4.78, 5) is 0. The average Bonchev–Trinajstić information content (AvgIpc) is 2.19. The Morgan fingerprint density at radius 2 is 2.00 bits per heavy atom. The molecule has 0 heterocycles. The van der Waals surface area contributed by atoms with Crippen molar-refractivity contribution in [2.75, 3.05) is 0 Å². The average molecular weight is 214 g/mol. The van der Waals surface area contributed by atoms with Crippen LogP contribution in [0.2, 0.25) is 0 Å². The highest BCUT2D eigenvalue weighted by molar-refractivity contribution is 6.35. The molecule has 0 aliphatic carbocycles. The van der Waals surface area contributed by atoms with Crippen LogP contribution in [0.25, 0.3) is 0 Å². The summed E-state index contributed by atoms with van der Waals surface area (Å²) < 4.78 is 5.05. The quantitative estimate of drug-likeness (QED) is 0.708. The third kappa shape index (κ3) is 2.98. The summed E-state index contributed by atoms with van der Waals surface area (Å²) >= 11 is 10.8. The van der Waals surface area contributed by atoms with Gasteiger partial charge < -0.3 is 4.74 Å². The van der Waals surface area contributed by atoms with E-state index in [-0.39, 0.29) is 5.22 Å². The summed E-state index contributed by atoms with van der Waals surface area (Å²) in [5.74, 6) is 0.543. The molecule has 0 saturated carbocycles. The lowest BCUT2D eigenvalue weighted by Crippen LogP contribution is -1.86. The number of halogens is 2. The van der Waals surface area contributed by atoms with Gasteiger partial charge in [0.1, 0.15) is 5.75 Å². The van der Waals surface area contributed by atoms with Crippen molar-refractivity contribution < 1.29 is 4.74 Å². The number of rotatable bonds is 2. The molecule has 0 fully saturated rings. The molecule has 0 aromatic heterocycles. The van der Waals surface area contributed by atoms with Crippen LogP contribution in [0.15, 0.2) is 35.0 Å². The van der Waals surface area contributed by atoms with Crippen molar-refractivity contribution in [3.8, 4) is 11.8 Å². The van der Waals surface area contributed by atoms with Gasteiger partial charge in [0.15, 0.2) is 0 Å². The van der Waals surface area contributed by atoms with Crippen LogP contribution < -0.4 is 4.74 Å². The van der Waals surface area contributed by atoms with Gasteiger partial charge in [-0.05, 0) is 35.9 Å². The molecule has 0 aliphatic heterocycles. The van der Waals surface area contributed by atoms with Crippen molar-refractivity contribution in [3.63, 3.8) is 0 Å². The van der Waals surface area contributed by atoms with Crippen LogP contribution in [0.4, 0.5) is 0 Å². The minimum atomic E-state index is 0.0892. The van der Waals surface area contributed by atoms with E-state index in [1.165, 1.54) is 0 Å². The van der Waals surface area contributed by atoms with Gasteiger partial charge in [0.25, 0.3) is 0 Å². The molecule has 0 amide bonds. The molecule has 13 heavy (non-hydrogen) atoms. The van der Waals surface area contributed by atoms with Crippen molar-refractivity contribution in [3.05, 3.63) is 40.6 Å². The molecule has 4 heteroatoms. The molecule has 0 bridgehead atoms. The Balaban J connectivity index is 2.77. The number of hydrogen-bond acceptors (Lipinski definition) is 2. The fourth-order valence-electron chi connectivity index (χ4n) is 0.732. The Morgan fingerprint density at radius 3 is 2.46 bits per heavy atom. The minimum absolute atomic E-state index is 0.0892. The van der Waals surface area contributed by atoms with Crippen molar-refractivity contribution in [2.45, 2.75) is 0 Å². The topological polar surface area (TPSA) is 33.0 Å². The standard InChI is InChI=1S/C9H5Cl2NO/c10-5-9(11)13-8-3-1-7(6-12)2-4-8/h1-5H/b9-5-. The van der Waals surface area contributed by atoms with E-state index in [0.717, 1.165) is 5.54 Å². The monoisotopic (exact) mass is 213 g/mol. The zero-order chi connectivity index (χ0) is 9.68. The first-order valence-corrected chi connectivity index (χ1v) is 4.21. The molecule has 0 aliphatic rings. The van der Waals surface area contributed by atoms with Gasteiger partial charge in [-0.3, -0.25) is 0 Å². The molecule has 0 N–H and O–H groups in total. The zero-order valence-corrected chi connectivity index (χ0v) is 8.01. The van der Waals surface area contributed by atoms with Crippen molar-refractivity contribution in [1.29, 1.82) is 5.26 Å². The fraction of sp³-hybridized carbons (Fsp3) is 0. The van der Waals surface area contributed by atoms with E-state index >= 15 is 0 Å². The Hall–Kier alpha value is -1.17. The van der Waals surface area contributed by atoms with Gasteiger partial charge in [-0.1, -0.05) is 11.6 Å². The first-order chi connectivity index (χ1) is 6.26. The predicted molar refractivity (Wildman–Crippen MR) is 51.6 cm³/mol.